The SMILES string of the molecule is COc1cccc(O/C=C(C)/C(=N/c2ccccc2)Oc2cccc(C)c2)c1. The molecule has 0 saturated carbocycles. The Balaban J connectivity index is 1.87. The largest absolute Gasteiger partial charge is 0.497 e. The van der Waals surface area contributed by atoms with Crippen molar-refractivity contribution in [3.8, 4) is 17.2 Å². The summed E-state index contributed by atoms with van der Waals surface area (Å²) in [5.41, 5.74) is 2.68. The number of methoxy groups -OCH3 is 1. The Kier molecular flexibility index (Phi) is 6.47. The van der Waals surface area contributed by atoms with Crippen LogP contribution < -0.4 is 14.2 Å². The molecule has 142 valence electrons. The zero-order valence-corrected chi connectivity index (χ0v) is 16.3. The maximum atomic E-state index is 6.07. The van der Waals surface area contributed by atoms with Crippen molar-refractivity contribution in [3.05, 3.63) is 96.3 Å². The highest BCUT2D eigenvalue weighted by Crippen LogP contribution is 2.21. The minimum Gasteiger partial charge on any atom is -0.497 e. The number of nitrogens with zero attached hydrogens (tertiary/aromatic N) is 1. The molecule has 0 amide bonds. The van der Waals surface area contributed by atoms with Crippen LogP contribution in [-0.4, -0.2) is 13.0 Å². The van der Waals surface area contributed by atoms with Gasteiger partial charge < -0.3 is 14.2 Å². The Labute approximate surface area is 165 Å². The van der Waals surface area contributed by atoms with Crippen LogP contribution in [0.5, 0.6) is 17.2 Å². The Morgan fingerprint density at radius 3 is 2.29 bits per heavy atom. The molecule has 0 N–H and O–H groups in total. The molecule has 0 aliphatic heterocycles. The maximum Gasteiger partial charge on any atom is 0.225 e. The summed E-state index contributed by atoms with van der Waals surface area (Å²) in [6, 6.07) is 25.0. The molecule has 0 spiro atoms. The Morgan fingerprint density at radius 2 is 1.54 bits per heavy atom. The summed E-state index contributed by atoms with van der Waals surface area (Å²) in [7, 11) is 1.63. The monoisotopic (exact) mass is 373 g/mol. The molecule has 0 radical (unpaired) electrons. The van der Waals surface area contributed by atoms with Gasteiger partial charge >= 0.3 is 0 Å². The van der Waals surface area contributed by atoms with E-state index < -0.39 is 0 Å². The van der Waals surface area contributed by atoms with Gasteiger partial charge in [-0.1, -0.05) is 36.4 Å². The summed E-state index contributed by atoms with van der Waals surface area (Å²) in [6.07, 6.45) is 1.63. The summed E-state index contributed by atoms with van der Waals surface area (Å²) in [5, 5.41) is 0. The van der Waals surface area contributed by atoms with Gasteiger partial charge in [0.05, 0.1) is 19.1 Å². The molecule has 0 aromatic heterocycles. The quantitative estimate of drug-likeness (QED) is 0.298. The summed E-state index contributed by atoms with van der Waals surface area (Å²) in [5.74, 6) is 2.61. The van der Waals surface area contributed by atoms with Gasteiger partial charge in [-0.3, -0.25) is 0 Å². The number of benzene rings is 3. The highest BCUT2D eigenvalue weighted by molar-refractivity contribution is 5.96. The van der Waals surface area contributed by atoms with E-state index in [1.165, 1.54) is 0 Å². The van der Waals surface area contributed by atoms with E-state index in [1.807, 2.05) is 92.7 Å². The molecular weight excluding hydrogens is 350 g/mol. The lowest BCUT2D eigenvalue weighted by molar-refractivity contribution is 0.408. The smallest absolute Gasteiger partial charge is 0.225 e. The van der Waals surface area contributed by atoms with E-state index >= 15 is 0 Å². The molecule has 0 aliphatic carbocycles. The first-order chi connectivity index (χ1) is 13.6. The highest BCUT2D eigenvalue weighted by atomic mass is 16.5. The predicted molar refractivity (Wildman–Crippen MR) is 113 cm³/mol. The van der Waals surface area contributed by atoms with Crippen molar-refractivity contribution in [2.75, 3.05) is 7.11 Å². The summed E-state index contributed by atoms with van der Waals surface area (Å²) >= 11 is 0. The van der Waals surface area contributed by atoms with Crippen LogP contribution in [0.2, 0.25) is 0 Å². The van der Waals surface area contributed by atoms with Crippen LogP contribution in [-0.2, 0) is 0 Å². The second-order valence-electron chi connectivity index (χ2n) is 6.27. The van der Waals surface area contributed by atoms with Crippen molar-refractivity contribution in [2.45, 2.75) is 13.8 Å². The fourth-order valence-electron chi connectivity index (χ4n) is 2.48. The molecule has 0 bridgehead atoms. The first-order valence-electron chi connectivity index (χ1n) is 9.00. The topological polar surface area (TPSA) is 40.0 Å². The van der Waals surface area contributed by atoms with E-state index in [0.29, 0.717) is 11.6 Å². The average molecular weight is 373 g/mol. The van der Waals surface area contributed by atoms with Gasteiger partial charge in [0.2, 0.25) is 5.90 Å². The minimum absolute atomic E-state index is 0.472. The molecule has 3 aromatic rings. The molecule has 0 aliphatic rings. The van der Waals surface area contributed by atoms with E-state index in [9.17, 15) is 0 Å². The molecule has 0 fully saturated rings. The molecule has 3 rings (SSSR count). The fourth-order valence-corrected chi connectivity index (χ4v) is 2.48. The second-order valence-corrected chi connectivity index (χ2v) is 6.27. The normalized spacial score (nSPS) is 11.8. The lowest BCUT2D eigenvalue weighted by atomic mass is 10.2. The van der Waals surface area contributed by atoms with Crippen molar-refractivity contribution in [3.63, 3.8) is 0 Å². The molecule has 0 unspecified atom stereocenters. The number of aryl methyl sites for hydroxylation is 1. The Hall–Kier alpha value is -3.53. The van der Waals surface area contributed by atoms with E-state index in [2.05, 4.69) is 4.99 Å². The van der Waals surface area contributed by atoms with E-state index in [4.69, 9.17) is 14.2 Å². The molecule has 28 heavy (non-hydrogen) atoms. The second kappa shape index (κ2) is 9.42. The third-order valence-corrected chi connectivity index (χ3v) is 3.94. The molecular formula is C24H23NO3. The maximum absolute atomic E-state index is 6.07. The van der Waals surface area contributed by atoms with Crippen LogP contribution in [0.25, 0.3) is 0 Å². The van der Waals surface area contributed by atoms with E-state index in [-0.39, 0.29) is 0 Å². The van der Waals surface area contributed by atoms with Crippen molar-refractivity contribution < 1.29 is 14.2 Å². The number of aliphatic imine (C=N–C) groups is 1. The van der Waals surface area contributed by atoms with Crippen LogP contribution >= 0.6 is 0 Å². The average Bonchev–Trinajstić information content (AvgIpc) is 2.72. The van der Waals surface area contributed by atoms with Crippen molar-refractivity contribution in [1.82, 2.24) is 0 Å². The molecule has 3 aromatic carbocycles. The minimum atomic E-state index is 0.472. The molecule has 4 nitrogen and oxygen atoms in total. The molecule has 4 heteroatoms. The van der Waals surface area contributed by atoms with Gasteiger partial charge in [-0.05, 0) is 55.8 Å². The van der Waals surface area contributed by atoms with Crippen LogP contribution in [0.3, 0.4) is 0 Å². The van der Waals surface area contributed by atoms with Gasteiger partial charge in [0.1, 0.15) is 17.2 Å². The molecule has 0 atom stereocenters. The van der Waals surface area contributed by atoms with E-state index in [1.54, 1.807) is 13.4 Å². The number of hydrogen-bond donors (Lipinski definition) is 0. The van der Waals surface area contributed by atoms with Gasteiger partial charge in [-0.25, -0.2) is 4.99 Å². The number of rotatable bonds is 6. The van der Waals surface area contributed by atoms with E-state index in [0.717, 1.165) is 28.3 Å². The number of para-hydroxylation sites is 1. The lowest BCUT2D eigenvalue weighted by Crippen LogP contribution is -2.11. The molecule has 0 heterocycles. The first kappa shape index (κ1) is 19.2. The van der Waals surface area contributed by atoms with Crippen LogP contribution in [0, 0.1) is 6.92 Å². The van der Waals surface area contributed by atoms with Gasteiger partial charge in [-0.15, -0.1) is 0 Å². The van der Waals surface area contributed by atoms with Gasteiger partial charge in [-0.2, -0.15) is 0 Å². The third-order valence-electron chi connectivity index (χ3n) is 3.94. The first-order valence-corrected chi connectivity index (χ1v) is 9.00. The number of hydrogen-bond acceptors (Lipinski definition) is 4. The zero-order valence-electron chi connectivity index (χ0n) is 16.3. The van der Waals surface area contributed by atoms with Gasteiger partial charge in [0, 0.05) is 11.6 Å². The number of ether oxygens (including phenoxy) is 3. The molecule has 0 saturated heterocycles. The summed E-state index contributed by atoms with van der Waals surface area (Å²) in [4.78, 5) is 4.65. The van der Waals surface area contributed by atoms with Crippen molar-refractivity contribution in [1.29, 1.82) is 0 Å². The highest BCUT2D eigenvalue weighted by Gasteiger charge is 2.08. The van der Waals surface area contributed by atoms with Crippen LogP contribution in [0.4, 0.5) is 5.69 Å². The predicted octanol–water partition coefficient (Wildman–Crippen LogP) is 6.10. The fraction of sp³-hybridized carbons (Fsp3) is 0.125. The standard InChI is InChI=1S/C24H23NO3/c1-18-9-7-14-23(15-18)28-24(25-20-10-5-4-6-11-20)19(2)17-27-22-13-8-12-21(16-22)26-3/h4-17H,1-3H3/b19-17+,25-24-. The van der Waals surface area contributed by atoms with Crippen molar-refractivity contribution >= 4 is 11.6 Å². The van der Waals surface area contributed by atoms with Crippen LogP contribution in [0.1, 0.15) is 12.5 Å². The van der Waals surface area contributed by atoms with Gasteiger partial charge in [0.15, 0.2) is 0 Å². The Bertz CT molecular complexity index is 978. The lowest BCUT2D eigenvalue weighted by Gasteiger charge is -2.11. The third kappa shape index (κ3) is 5.48. The van der Waals surface area contributed by atoms with Gasteiger partial charge in [0.25, 0.3) is 0 Å². The summed E-state index contributed by atoms with van der Waals surface area (Å²) in [6.45, 7) is 3.92. The Morgan fingerprint density at radius 1 is 0.821 bits per heavy atom. The van der Waals surface area contributed by atoms with Crippen LogP contribution in [0.15, 0.2) is 95.7 Å². The summed E-state index contributed by atoms with van der Waals surface area (Å²) < 4.78 is 17.1. The zero-order chi connectivity index (χ0) is 19.8. The van der Waals surface area contributed by atoms with Crippen molar-refractivity contribution in [2.24, 2.45) is 4.99 Å².